The minimum atomic E-state index is -4.16. The van der Waals surface area contributed by atoms with Crippen LogP contribution in [0.15, 0.2) is 41.3 Å². The first-order valence-corrected chi connectivity index (χ1v) is 8.03. The minimum absolute atomic E-state index is 0.0241. The van der Waals surface area contributed by atoms with Gasteiger partial charge in [-0.05, 0) is 36.8 Å². The van der Waals surface area contributed by atoms with Gasteiger partial charge in [0.25, 0.3) is 0 Å². The van der Waals surface area contributed by atoms with E-state index >= 15 is 0 Å². The summed E-state index contributed by atoms with van der Waals surface area (Å²) < 4.78 is 71.3. The number of nitrogens with one attached hydrogen (secondary N) is 1. The van der Waals surface area contributed by atoms with E-state index in [0.717, 1.165) is 6.07 Å². The van der Waals surface area contributed by atoms with Gasteiger partial charge >= 0.3 is 0 Å². The zero-order valence-corrected chi connectivity index (χ0v) is 13.1. The first-order valence-electron chi connectivity index (χ1n) is 6.55. The first-order chi connectivity index (χ1) is 10.7. The third kappa shape index (κ3) is 4.02. The van der Waals surface area contributed by atoms with E-state index < -0.39 is 38.4 Å². The Bertz CT molecular complexity index is 804. The molecule has 0 aliphatic carbocycles. The quantitative estimate of drug-likeness (QED) is 0.906. The molecule has 23 heavy (non-hydrogen) atoms. The molecule has 0 radical (unpaired) electrons. The molecule has 0 aromatic heterocycles. The molecule has 0 aliphatic heterocycles. The van der Waals surface area contributed by atoms with Gasteiger partial charge < -0.3 is 4.74 Å². The van der Waals surface area contributed by atoms with Crippen molar-refractivity contribution < 1.29 is 26.3 Å². The molecule has 8 heteroatoms. The lowest BCUT2D eigenvalue weighted by molar-refractivity contribution is 0.386. The summed E-state index contributed by atoms with van der Waals surface area (Å²) in [7, 11) is -2.86. The molecule has 0 aliphatic rings. The van der Waals surface area contributed by atoms with Gasteiger partial charge in [-0.15, -0.1) is 0 Å². The van der Waals surface area contributed by atoms with Crippen LogP contribution in [0.5, 0.6) is 5.75 Å². The zero-order chi connectivity index (χ0) is 17.2. The molecule has 0 amide bonds. The van der Waals surface area contributed by atoms with E-state index in [9.17, 15) is 21.6 Å². The van der Waals surface area contributed by atoms with Crippen LogP contribution in [0.3, 0.4) is 0 Å². The Morgan fingerprint density at radius 1 is 1.04 bits per heavy atom. The Balaban J connectivity index is 2.27. The second-order valence-corrected chi connectivity index (χ2v) is 6.56. The Hall–Kier alpha value is -2.06. The number of hydrogen-bond acceptors (Lipinski definition) is 3. The van der Waals surface area contributed by atoms with Crippen molar-refractivity contribution in [1.29, 1.82) is 0 Å². The molecule has 1 N–H and O–H groups in total. The summed E-state index contributed by atoms with van der Waals surface area (Å²) in [6.07, 6.45) is 0. The van der Waals surface area contributed by atoms with E-state index in [-0.39, 0.29) is 5.75 Å². The molecule has 1 unspecified atom stereocenters. The van der Waals surface area contributed by atoms with Gasteiger partial charge in [0, 0.05) is 12.1 Å². The number of ether oxygens (including phenoxy) is 1. The van der Waals surface area contributed by atoms with Crippen LogP contribution in [0.2, 0.25) is 0 Å². The average molecular weight is 345 g/mol. The van der Waals surface area contributed by atoms with Crippen molar-refractivity contribution in [2.45, 2.75) is 17.9 Å². The first kappa shape index (κ1) is 17.3. The van der Waals surface area contributed by atoms with E-state index in [2.05, 4.69) is 4.72 Å². The maximum atomic E-state index is 13.7. The summed E-state index contributed by atoms with van der Waals surface area (Å²) >= 11 is 0. The van der Waals surface area contributed by atoms with Gasteiger partial charge in [0.2, 0.25) is 10.0 Å². The number of sulfonamides is 1. The predicted molar refractivity (Wildman–Crippen MR) is 78.0 cm³/mol. The molecule has 0 heterocycles. The number of methoxy groups -OCH3 is 1. The molecule has 124 valence electrons. The summed E-state index contributed by atoms with van der Waals surface area (Å²) in [6.45, 7) is 1.48. The Kier molecular flexibility index (Phi) is 4.96. The van der Waals surface area contributed by atoms with Crippen molar-refractivity contribution >= 4 is 10.0 Å². The summed E-state index contributed by atoms with van der Waals surface area (Å²) in [6, 6.07) is 5.13. The molecule has 0 saturated heterocycles. The number of benzene rings is 2. The maximum Gasteiger partial charge on any atom is 0.241 e. The van der Waals surface area contributed by atoms with Gasteiger partial charge in [-0.25, -0.2) is 26.3 Å². The van der Waals surface area contributed by atoms with Crippen molar-refractivity contribution in [2.24, 2.45) is 0 Å². The summed E-state index contributed by atoms with van der Waals surface area (Å²) in [5.41, 5.74) is 0.337. The van der Waals surface area contributed by atoms with Crippen molar-refractivity contribution in [3.63, 3.8) is 0 Å². The highest BCUT2D eigenvalue weighted by Gasteiger charge is 2.20. The molecule has 0 bridgehead atoms. The topological polar surface area (TPSA) is 55.4 Å². The third-order valence-corrected chi connectivity index (χ3v) is 4.67. The highest BCUT2D eigenvalue weighted by Crippen LogP contribution is 2.23. The highest BCUT2D eigenvalue weighted by atomic mass is 32.2. The molecule has 0 spiro atoms. The van der Waals surface area contributed by atoms with Gasteiger partial charge in [0.1, 0.15) is 11.6 Å². The fraction of sp³-hybridized carbons (Fsp3) is 0.200. The molecule has 4 nitrogen and oxygen atoms in total. The molecule has 2 aromatic rings. The van der Waals surface area contributed by atoms with Gasteiger partial charge in [0.05, 0.1) is 12.0 Å². The maximum absolute atomic E-state index is 13.7. The minimum Gasteiger partial charge on any atom is -0.494 e. The Morgan fingerprint density at radius 2 is 1.65 bits per heavy atom. The second kappa shape index (κ2) is 6.59. The van der Waals surface area contributed by atoms with Crippen LogP contribution in [0, 0.1) is 17.5 Å². The summed E-state index contributed by atoms with van der Waals surface area (Å²) in [5, 5.41) is 0. The van der Waals surface area contributed by atoms with E-state index in [1.54, 1.807) is 0 Å². The Labute approximate surface area is 132 Å². The van der Waals surface area contributed by atoms with Gasteiger partial charge in [-0.2, -0.15) is 0 Å². The van der Waals surface area contributed by atoms with Gasteiger partial charge in [0.15, 0.2) is 11.6 Å². The zero-order valence-electron chi connectivity index (χ0n) is 12.3. The van der Waals surface area contributed by atoms with E-state index in [1.165, 1.54) is 26.2 Å². The lowest BCUT2D eigenvalue weighted by Crippen LogP contribution is -2.27. The molecule has 0 saturated carbocycles. The van der Waals surface area contributed by atoms with Crippen LogP contribution >= 0.6 is 0 Å². The average Bonchev–Trinajstić information content (AvgIpc) is 2.45. The number of hydrogen-bond donors (Lipinski definition) is 1. The van der Waals surface area contributed by atoms with E-state index in [4.69, 9.17) is 4.74 Å². The summed E-state index contributed by atoms with van der Waals surface area (Å²) in [4.78, 5) is -0.546. The molecular formula is C15H14F3NO3S. The molecule has 2 rings (SSSR count). The van der Waals surface area contributed by atoms with Crippen LogP contribution in [0.25, 0.3) is 0 Å². The number of rotatable bonds is 5. The fourth-order valence-electron chi connectivity index (χ4n) is 2.00. The Morgan fingerprint density at radius 3 is 2.17 bits per heavy atom. The van der Waals surface area contributed by atoms with Crippen molar-refractivity contribution in [3.05, 3.63) is 59.4 Å². The van der Waals surface area contributed by atoms with Crippen molar-refractivity contribution in [3.8, 4) is 5.75 Å². The monoisotopic (exact) mass is 345 g/mol. The molecular weight excluding hydrogens is 331 g/mol. The lowest BCUT2D eigenvalue weighted by atomic mass is 10.1. The molecule has 0 fully saturated rings. The second-order valence-electron chi connectivity index (χ2n) is 4.84. The van der Waals surface area contributed by atoms with Crippen LogP contribution in [0.4, 0.5) is 13.2 Å². The van der Waals surface area contributed by atoms with Crippen LogP contribution in [-0.2, 0) is 10.0 Å². The smallest absolute Gasteiger partial charge is 0.241 e. The van der Waals surface area contributed by atoms with E-state index in [0.29, 0.717) is 23.8 Å². The van der Waals surface area contributed by atoms with Crippen molar-refractivity contribution in [2.75, 3.05) is 7.11 Å². The van der Waals surface area contributed by atoms with E-state index in [1.807, 2.05) is 0 Å². The number of halogens is 3. The van der Waals surface area contributed by atoms with Crippen molar-refractivity contribution in [1.82, 2.24) is 4.72 Å². The lowest BCUT2D eigenvalue weighted by Gasteiger charge is -2.15. The molecule has 1 atom stereocenters. The third-order valence-electron chi connectivity index (χ3n) is 3.15. The van der Waals surface area contributed by atoms with Crippen LogP contribution < -0.4 is 9.46 Å². The van der Waals surface area contributed by atoms with Crippen LogP contribution in [0.1, 0.15) is 18.5 Å². The highest BCUT2D eigenvalue weighted by molar-refractivity contribution is 7.89. The standard InChI is InChI=1S/C15H14F3NO3S/c1-9(10-3-4-15(22-2)14(18)5-10)19-23(20,21)13-7-11(16)6-12(17)8-13/h3-9,19H,1-2H3. The normalized spacial score (nSPS) is 12.9. The molecule has 2 aromatic carbocycles. The SMILES string of the molecule is COc1ccc(C(C)NS(=O)(=O)c2cc(F)cc(F)c2)cc1F. The van der Waals surface area contributed by atoms with Crippen LogP contribution in [-0.4, -0.2) is 15.5 Å². The fourth-order valence-corrected chi connectivity index (χ4v) is 3.28. The summed E-state index contributed by atoms with van der Waals surface area (Å²) in [5.74, 6) is -2.63. The van der Waals surface area contributed by atoms with Gasteiger partial charge in [-0.1, -0.05) is 6.07 Å². The largest absolute Gasteiger partial charge is 0.494 e. The predicted octanol–water partition coefficient (Wildman–Crippen LogP) is 3.15. The van der Waals surface area contributed by atoms with Gasteiger partial charge in [-0.3, -0.25) is 0 Å².